The smallest absolute Gasteiger partial charge is 0.142 e. The summed E-state index contributed by atoms with van der Waals surface area (Å²) in [6.45, 7) is 2.09. The number of benzene rings is 1. The molecule has 0 radical (unpaired) electrons. The molecule has 14 heavy (non-hydrogen) atoms. The van der Waals surface area contributed by atoms with E-state index < -0.39 is 0 Å². The first-order valence-electron chi connectivity index (χ1n) is 4.27. The molecule has 4 heteroatoms. The topological polar surface area (TPSA) is 25.8 Å². The normalized spacial score (nSPS) is 10.4. The molecule has 0 atom stereocenters. The number of nitrogens with zero attached hydrogens (tertiary/aromatic N) is 2. The van der Waals surface area contributed by atoms with Crippen molar-refractivity contribution in [1.29, 1.82) is 0 Å². The molecule has 2 rings (SSSR count). The van der Waals surface area contributed by atoms with Gasteiger partial charge in [-0.05, 0) is 35.1 Å². The Hall–Kier alpha value is -0.490. The molecule has 0 spiro atoms. The maximum absolute atomic E-state index is 4.09. The highest BCUT2D eigenvalue weighted by Crippen LogP contribution is 2.16. The van der Waals surface area contributed by atoms with Gasteiger partial charge < -0.3 is 0 Å². The van der Waals surface area contributed by atoms with E-state index in [-0.39, 0.29) is 0 Å². The van der Waals surface area contributed by atoms with Gasteiger partial charge in [-0.15, -0.1) is 10.2 Å². The van der Waals surface area contributed by atoms with E-state index in [2.05, 4.69) is 64.0 Å². The summed E-state index contributed by atoms with van der Waals surface area (Å²) in [6.07, 6.45) is 0.890. The zero-order valence-corrected chi connectivity index (χ0v) is 10.7. The van der Waals surface area contributed by atoms with E-state index in [9.17, 15) is 0 Å². The van der Waals surface area contributed by atoms with Gasteiger partial charge in [-0.2, -0.15) is 0 Å². The molecule has 2 aromatic rings. The molecule has 0 saturated heterocycles. The van der Waals surface area contributed by atoms with Crippen LogP contribution in [-0.4, -0.2) is 10.2 Å². The lowest BCUT2D eigenvalue weighted by atomic mass is 10.1. The van der Waals surface area contributed by atoms with Gasteiger partial charge in [0, 0.05) is 6.42 Å². The standard InChI is InChI=1S/C10H9IN2S/c1-7-2-4-8(5-3-7)6-9-12-13-10(11)14-9/h2-5H,6H2,1H3. The molecule has 1 heterocycles. The van der Waals surface area contributed by atoms with Crippen LogP contribution < -0.4 is 0 Å². The second kappa shape index (κ2) is 4.35. The first-order chi connectivity index (χ1) is 6.74. The van der Waals surface area contributed by atoms with Crippen LogP contribution in [0.4, 0.5) is 0 Å². The zero-order chi connectivity index (χ0) is 9.97. The average Bonchev–Trinajstić information content (AvgIpc) is 2.56. The predicted octanol–water partition coefficient (Wildman–Crippen LogP) is 3.04. The first-order valence-corrected chi connectivity index (χ1v) is 6.17. The Balaban J connectivity index is 2.15. The van der Waals surface area contributed by atoms with Crippen molar-refractivity contribution in [3.63, 3.8) is 0 Å². The number of hydrogen-bond acceptors (Lipinski definition) is 3. The van der Waals surface area contributed by atoms with Crippen LogP contribution in [0.25, 0.3) is 0 Å². The fourth-order valence-electron chi connectivity index (χ4n) is 1.19. The van der Waals surface area contributed by atoms with Crippen LogP contribution >= 0.6 is 33.9 Å². The van der Waals surface area contributed by atoms with Crippen molar-refractivity contribution in [1.82, 2.24) is 10.2 Å². The van der Waals surface area contributed by atoms with Crippen LogP contribution in [0.2, 0.25) is 0 Å². The van der Waals surface area contributed by atoms with Crippen LogP contribution in [0.5, 0.6) is 0 Å². The second-order valence-corrected chi connectivity index (χ2v) is 5.93. The number of rotatable bonds is 2. The largest absolute Gasteiger partial charge is 0.178 e. The lowest BCUT2D eigenvalue weighted by Crippen LogP contribution is -1.87. The van der Waals surface area contributed by atoms with Gasteiger partial charge in [-0.25, -0.2) is 0 Å². The summed E-state index contributed by atoms with van der Waals surface area (Å²) in [5, 5.41) is 9.16. The zero-order valence-electron chi connectivity index (χ0n) is 7.70. The van der Waals surface area contributed by atoms with E-state index in [4.69, 9.17) is 0 Å². The lowest BCUT2D eigenvalue weighted by Gasteiger charge is -1.97. The van der Waals surface area contributed by atoms with E-state index >= 15 is 0 Å². The Morgan fingerprint density at radius 2 is 1.93 bits per heavy atom. The summed E-state index contributed by atoms with van der Waals surface area (Å²) >= 11 is 3.84. The van der Waals surface area contributed by atoms with Crippen LogP contribution in [0, 0.1) is 9.94 Å². The van der Waals surface area contributed by atoms with E-state index in [1.165, 1.54) is 11.1 Å². The van der Waals surface area contributed by atoms with E-state index in [1.807, 2.05) is 0 Å². The minimum Gasteiger partial charge on any atom is -0.142 e. The second-order valence-electron chi connectivity index (χ2n) is 3.11. The summed E-state index contributed by atoms with van der Waals surface area (Å²) in [6, 6.07) is 8.54. The van der Waals surface area contributed by atoms with Gasteiger partial charge in [0.1, 0.15) is 5.01 Å². The fourth-order valence-corrected chi connectivity index (χ4v) is 2.65. The summed E-state index contributed by atoms with van der Waals surface area (Å²) in [5.41, 5.74) is 2.59. The van der Waals surface area contributed by atoms with Crippen LogP contribution in [-0.2, 0) is 6.42 Å². The molecule has 0 bridgehead atoms. The molecule has 72 valence electrons. The maximum atomic E-state index is 4.09. The fraction of sp³-hybridized carbons (Fsp3) is 0.200. The Kier molecular flexibility index (Phi) is 3.12. The van der Waals surface area contributed by atoms with Crippen molar-refractivity contribution in [3.05, 3.63) is 43.4 Å². The predicted molar refractivity (Wildman–Crippen MR) is 66.6 cm³/mol. The van der Waals surface area contributed by atoms with E-state index in [0.717, 1.165) is 14.4 Å². The molecule has 0 saturated carbocycles. The number of aromatic nitrogens is 2. The number of hydrogen-bond donors (Lipinski definition) is 0. The Bertz CT molecular complexity index is 422. The SMILES string of the molecule is Cc1ccc(Cc2nnc(I)s2)cc1. The van der Waals surface area contributed by atoms with Crippen molar-refractivity contribution in [2.24, 2.45) is 0 Å². The molecule has 0 unspecified atom stereocenters. The molecule has 0 fully saturated rings. The van der Waals surface area contributed by atoms with Crippen LogP contribution in [0.1, 0.15) is 16.1 Å². The minimum absolute atomic E-state index is 0.890. The highest BCUT2D eigenvalue weighted by atomic mass is 127. The molecule has 2 nitrogen and oxygen atoms in total. The van der Waals surface area contributed by atoms with Crippen molar-refractivity contribution in [3.8, 4) is 0 Å². The van der Waals surface area contributed by atoms with Crippen LogP contribution in [0.3, 0.4) is 0 Å². The van der Waals surface area contributed by atoms with Crippen LogP contribution in [0.15, 0.2) is 24.3 Å². The molecule has 1 aromatic heterocycles. The third-order valence-electron chi connectivity index (χ3n) is 1.92. The Labute approximate surface area is 101 Å². The third-order valence-corrected chi connectivity index (χ3v) is 3.51. The highest BCUT2D eigenvalue weighted by Gasteiger charge is 2.02. The number of aryl methyl sites for hydroxylation is 1. The quantitative estimate of drug-likeness (QED) is 0.796. The molecule has 0 aliphatic rings. The molecule has 0 amide bonds. The van der Waals surface area contributed by atoms with Gasteiger partial charge in [0.2, 0.25) is 0 Å². The molecule has 1 aromatic carbocycles. The van der Waals surface area contributed by atoms with Crippen molar-refractivity contribution in [2.75, 3.05) is 0 Å². The first kappa shape index (κ1) is 10.0. The molecular weight excluding hydrogens is 307 g/mol. The summed E-state index contributed by atoms with van der Waals surface area (Å²) in [4.78, 5) is 0. The lowest BCUT2D eigenvalue weighted by molar-refractivity contribution is 0.991. The summed E-state index contributed by atoms with van der Waals surface area (Å²) in [5.74, 6) is 0. The highest BCUT2D eigenvalue weighted by molar-refractivity contribution is 14.1. The van der Waals surface area contributed by atoms with Gasteiger partial charge in [0.25, 0.3) is 0 Å². The van der Waals surface area contributed by atoms with Crippen molar-refractivity contribution < 1.29 is 0 Å². The maximum Gasteiger partial charge on any atom is 0.178 e. The molecule has 0 N–H and O–H groups in total. The molecule has 0 aliphatic heterocycles. The average molecular weight is 316 g/mol. The van der Waals surface area contributed by atoms with Gasteiger partial charge in [0.15, 0.2) is 3.01 Å². The minimum atomic E-state index is 0.890. The van der Waals surface area contributed by atoms with Crippen molar-refractivity contribution >= 4 is 33.9 Å². The van der Waals surface area contributed by atoms with Gasteiger partial charge in [-0.1, -0.05) is 41.2 Å². The molecular formula is C10H9IN2S. The molecule has 0 aliphatic carbocycles. The van der Waals surface area contributed by atoms with Gasteiger partial charge >= 0.3 is 0 Å². The Morgan fingerprint density at radius 3 is 2.50 bits per heavy atom. The third kappa shape index (κ3) is 2.51. The van der Waals surface area contributed by atoms with Gasteiger partial charge in [0.05, 0.1) is 0 Å². The summed E-state index contributed by atoms with van der Waals surface area (Å²) in [7, 11) is 0. The van der Waals surface area contributed by atoms with Crippen molar-refractivity contribution in [2.45, 2.75) is 13.3 Å². The monoisotopic (exact) mass is 316 g/mol. The van der Waals surface area contributed by atoms with E-state index in [0.29, 0.717) is 0 Å². The van der Waals surface area contributed by atoms with Gasteiger partial charge in [-0.3, -0.25) is 0 Å². The van der Waals surface area contributed by atoms with E-state index in [1.54, 1.807) is 11.3 Å². The Morgan fingerprint density at radius 1 is 1.21 bits per heavy atom. The summed E-state index contributed by atoms with van der Waals surface area (Å²) < 4.78 is 1.00. The number of halogens is 1.